The van der Waals surface area contributed by atoms with Gasteiger partial charge in [-0.1, -0.05) is 18.2 Å². The lowest BCUT2D eigenvalue weighted by atomic mass is 9.82. The molecule has 3 nitrogen and oxygen atoms in total. The summed E-state index contributed by atoms with van der Waals surface area (Å²) in [6.07, 6.45) is 5.87. The van der Waals surface area contributed by atoms with Crippen LogP contribution in [0.25, 0.3) is 0 Å². The number of hydrogen-bond donors (Lipinski definition) is 1. The van der Waals surface area contributed by atoms with Crippen molar-refractivity contribution >= 4 is 11.5 Å². The highest BCUT2D eigenvalue weighted by Gasteiger charge is 2.28. The standard InChI is InChI=1S/C18H18N2O/c21-18(14-7-6-12-8-10-19-16(12)11-14)15-5-1-3-13-4-2-9-20-17(13)15/h2,4,6-7,9,11,15,19H,1,3,5,8,10H2. The van der Waals surface area contributed by atoms with Gasteiger partial charge in [0.15, 0.2) is 5.78 Å². The van der Waals surface area contributed by atoms with E-state index in [1.165, 1.54) is 11.1 Å². The fourth-order valence-electron chi connectivity index (χ4n) is 3.51. The van der Waals surface area contributed by atoms with Crippen molar-refractivity contribution in [2.45, 2.75) is 31.6 Å². The van der Waals surface area contributed by atoms with E-state index in [0.29, 0.717) is 0 Å². The Morgan fingerprint density at radius 3 is 3.10 bits per heavy atom. The Morgan fingerprint density at radius 2 is 2.14 bits per heavy atom. The summed E-state index contributed by atoms with van der Waals surface area (Å²) >= 11 is 0. The predicted octanol–water partition coefficient (Wildman–Crippen LogP) is 3.35. The molecule has 106 valence electrons. The lowest BCUT2D eigenvalue weighted by molar-refractivity contribution is 0.0949. The van der Waals surface area contributed by atoms with E-state index in [1.54, 1.807) is 6.20 Å². The fraction of sp³-hybridized carbons (Fsp3) is 0.333. The fourth-order valence-corrected chi connectivity index (χ4v) is 3.51. The topological polar surface area (TPSA) is 42.0 Å². The van der Waals surface area contributed by atoms with Crippen LogP contribution in [0.15, 0.2) is 36.5 Å². The number of carbonyl (C=O) groups excluding carboxylic acids is 1. The van der Waals surface area contributed by atoms with Crippen LogP contribution < -0.4 is 5.32 Å². The largest absolute Gasteiger partial charge is 0.384 e. The van der Waals surface area contributed by atoms with E-state index in [4.69, 9.17) is 0 Å². The van der Waals surface area contributed by atoms with Crippen LogP contribution in [0.5, 0.6) is 0 Å². The van der Waals surface area contributed by atoms with Crippen molar-refractivity contribution in [2.75, 3.05) is 11.9 Å². The second-order valence-corrected chi connectivity index (χ2v) is 5.91. The van der Waals surface area contributed by atoms with Gasteiger partial charge in [0.2, 0.25) is 0 Å². The predicted molar refractivity (Wildman–Crippen MR) is 82.9 cm³/mol. The normalized spacial score (nSPS) is 19.5. The van der Waals surface area contributed by atoms with Gasteiger partial charge >= 0.3 is 0 Å². The van der Waals surface area contributed by atoms with Crippen molar-refractivity contribution in [3.8, 4) is 0 Å². The minimum absolute atomic E-state index is 0.0746. The molecule has 1 aromatic heterocycles. The molecular weight excluding hydrogens is 260 g/mol. The molecule has 1 aromatic carbocycles. The summed E-state index contributed by atoms with van der Waals surface area (Å²) in [6, 6.07) is 10.1. The number of aryl methyl sites for hydroxylation is 1. The zero-order valence-electron chi connectivity index (χ0n) is 11.9. The third kappa shape index (κ3) is 2.13. The monoisotopic (exact) mass is 278 g/mol. The molecule has 0 saturated heterocycles. The molecule has 1 aliphatic heterocycles. The first-order valence-electron chi connectivity index (χ1n) is 7.68. The number of benzene rings is 1. The molecule has 2 aromatic rings. The molecule has 0 spiro atoms. The molecule has 3 heteroatoms. The maximum absolute atomic E-state index is 12.9. The van der Waals surface area contributed by atoms with E-state index < -0.39 is 0 Å². The number of Topliss-reactive ketones (excluding diaryl/α,β-unsaturated/α-hetero) is 1. The first-order valence-corrected chi connectivity index (χ1v) is 7.68. The van der Waals surface area contributed by atoms with Gasteiger partial charge in [-0.3, -0.25) is 9.78 Å². The molecule has 4 rings (SSSR count). The third-order valence-electron chi connectivity index (χ3n) is 4.62. The zero-order valence-corrected chi connectivity index (χ0v) is 11.9. The number of carbonyl (C=O) groups is 1. The number of hydrogen-bond acceptors (Lipinski definition) is 3. The summed E-state index contributed by atoms with van der Waals surface area (Å²) in [5.41, 5.74) is 5.47. The van der Waals surface area contributed by atoms with Crippen LogP contribution in [0.3, 0.4) is 0 Å². The highest BCUT2D eigenvalue weighted by molar-refractivity contribution is 6.02. The van der Waals surface area contributed by atoms with Crippen molar-refractivity contribution in [2.24, 2.45) is 0 Å². The molecule has 21 heavy (non-hydrogen) atoms. The minimum Gasteiger partial charge on any atom is -0.384 e. The Labute approximate surface area is 124 Å². The van der Waals surface area contributed by atoms with Crippen LogP contribution in [0.4, 0.5) is 5.69 Å². The number of aromatic nitrogens is 1. The van der Waals surface area contributed by atoms with Crippen LogP contribution in [0.2, 0.25) is 0 Å². The number of pyridine rings is 1. The average Bonchev–Trinajstić information content (AvgIpc) is 3.01. The number of rotatable bonds is 2. The highest BCUT2D eigenvalue weighted by Crippen LogP contribution is 2.33. The Hall–Kier alpha value is -2.16. The molecule has 2 aliphatic rings. The van der Waals surface area contributed by atoms with Gasteiger partial charge in [-0.15, -0.1) is 0 Å². The van der Waals surface area contributed by atoms with Crippen LogP contribution >= 0.6 is 0 Å². The second-order valence-electron chi connectivity index (χ2n) is 5.91. The zero-order chi connectivity index (χ0) is 14.2. The van der Waals surface area contributed by atoms with Crippen LogP contribution in [0.1, 0.15) is 45.9 Å². The lowest BCUT2D eigenvalue weighted by Crippen LogP contribution is -2.20. The molecule has 0 saturated carbocycles. The molecule has 0 radical (unpaired) electrons. The van der Waals surface area contributed by atoms with Crippen molar-refractivity contribution in [3.05, 3.63) is 58.9 Å². The van der Waals surface area contributed by atoms with Crippen molar-refractivity contribution in [3.63, 3.8) is 0 Å². The number of nitrogens with one attached hydrogen (secondary N) is 1. The van der Waals surface area contributed by atoms with E-state index in [0.717, 1.165) is 49.2 Å². The first kappa shape index (κ1) is 12.6. The van der Waals surface area contributed by atoms with Crippen molar-refractivity contribution in [1.29, 1.82) is 0 Å². The van der Waals surface area contributed by atoms with E-state index in [-0.39, 0.29) is 11.7 Å². The molecule has 1 unspecified atom stereocenters. The van der Waals surface area contributed by atoms with Gasteiger partial charge < -0.3 is 5.32 Å². The van der Waals surface area contributed by atoms with E-state index in [9.17, 15) is 4.79 Å². The summed E-state index contributed by atoms with van der Waals surface area (Å²) in [6.45, 7) is 0.973. The van der Waals surface area contributed by atoms with Gasteiger partial charge in [0.25, 0.3) is 0 Å². The van der Waals surface area contributed by atoms with Crippen molar-refractivity contribution < 1.29 is 4.79 Å². The summed E-state index contributed by atoms with van der Waals surface area (Å²) < 4.78 is 0. The van der Waals surface area contributed by atoms with E-state index in [2.05, 4.69) is 22.4 Å². The van der Waals surface area contributed by atoms with Gasteiger partial charge in [-0.25, -0.2) is 0 Å². The molecular formula is C18H18N2O. The number of fused-ring (bicyclic) bond motifs is 2. The molecule has 0 amide bonds. The molecule has 1 N–H and O–H groups in total. The second kappa shape index (κ2) is 4.99. The molecule has 2 heterocycles. The van der Waals surface area contributed by atoms with Gasteiger partial charge in [0.1, 0.15) is 0 Å². The third-order valence-corrected chi connectivity index (χ3v) is 4.62. The molecule has 0 bridgehead atoms. The number of ketones is 1. The average molecular weight is 278 g/mol. The Balaban J connectivity index is 1.70. The Bertz CT molecular complexity index is 708. The van der Waals surface area contributed by atoms with E-state index in [1.807, 2.05) is 18.2 Å². The Kier molecular flexibility index (Phi) is 2.99. The molecule has 1 aliphatic carbocycles. The van der Waals surface area contributed by atoms with Gasteiger partial charge in [0, 0.05) is 24.0 Å². The van der Waals surface area contributed by atoms with Crippen LogP contribution in [0, 0.1) is 0 Å². The lowest BCUT2D eigenvalue weighted by Gasteiger charge is -2.23. The molecule has 0 fully saturated rings. The number of nitrogens with zero attached hydrogens (tertiary/aromatic N) is 1. The quantitative estimate of drug-likeness (QED) is 0.857. The summed E-state index contributed by atoms with van der Waals surface area (Å²) in [7, 11) is 0. The van der Waals surface area contributed by atoms with Crippen LogP contribution in [-0.2, 0) is 12.8 Å². The van der Waals surface area contributed by atoms with Gasteiger partial charge in [-0.05, 0) is 48.9 Å². The molecule has 1 atom stereocenters. The SMILES string of the molecule is O=C(c1ccc2c(c1)NCC2)C1CCCc2cccnc21. The van der Waals surface area contributed by atoms with Gasteiger partial charge in [-0.2, -0.15) is 0 Å². The maximum Gasteiger partial charge on any atom is 0.171 e. The highest BCUT2D eigenvalue weighted by atomic mass is 16.1. The summed E-state index contributed by atoms with van der Waals surface area (Å²) in [5.74, 6) is 0.139. The maximum atomic E-state index is 12.9. The smallest absolute Gasteiger partial charge is 0.171 e. The summed E-state index contributed by atoms with van der Waals surface area (Å²) in [5, 5.41) is 3.35. The summed E-state index contributed by atoms with van der Waals surface area (Å²) in [4.78, 5) is 17.4. The van der Waals surface area contributed by atoms with E-state index >= 15 is 0 Å². The van der Waals surface area contributed by atoms with Crippen molar-refractivity contribution in [1.82, 2.24) is 4.98 Å². The van der Waals surface area contributed by atoms with Crippen LogP contribution in [-0.4, -0.2) is 17.3 Å². The van der Waals surface area contributed by atoms with Gasteiger partial charge in [0.05, 0.1) is 11.6 Å². The minimum atomic E-state index is -0.0746. The Morgan fingerprint density at radius 1 is 1.19 bits per heavy atom. The first-order chi connectivity index (χ1) is 10.3. The number of anilines is 1.